The monoisotopic (exact) mass is 413 g/mol. The molecule has 1 heterocycles. The van der Waals surface area contributed by atoms with Crippen molar-refractivity contribution in [1.29, 1.82) is 5.26 Å². The summed E-state index contributed by atoms with van der Waals surface area (Å²) in [5.41, 5.74) is 0.993. The Labute approximate surface area is 168 Å². The van der Waals surface area contributed by atoms with Crippen LogP contribution in [0, 0.1) is 28.8 Å². The van der Waals surface area contributed by atoms with E-state index in [1.807, 2.05) is 6.07 Å². The number of rotatable bonds is 3. The number of aromatic hydroxyl groups is 1. The van der Waals surface area contributed by atoms with Crippen molar-refractivity contribution >= 4 is 22.6 Å². The zero-order chi connectivity index (χ0) is 20.7. The number of fused-ring (bicyclic) bond motifs is 1. The van der Waals surface area contributed by atoms with Crippen LogP contribution in [-0.4, -0.2) is 14.7 Å². The highest BCUT2D eigenvalue weighted by molar-refractivity contribution is 6.30. The number of benzene rings is 3. The zero-order valence-corrected chi connectivity index (χ0v) is 15.4. The predicted molar refractivity (Wildman–Crippen MR) is 102 cm³/mol. The van der Waals surface area contributed by atoms with Gasteiger partial charge in [-0.1, -0.05) is 17.7 Å². The number of hydrogen-bond donors (Lipinski definition) is 1. The smallest absolute Gasteiger partial charge is 0.161 e. The molecule has 4 aromatic rings. The Balaban J connectivity index is 1.95. The van der Waals surface area contributed by atoms with Crippen LogP contribution in [0.1, 0.15) is 11.1 Å². The van der Waals surface area contributed by atoms with Crippen LogP contribution in [0.25, 0.3) is 22.4 Å². The summed E-state index contributed by atoms with van der Waals surface area (Å²) in [5.74, 6) is -2.78. The van der Waals surface area contributed by atoms with Crippen LogP contribution in [0.3, 0.4) is 0 Å². The van der Waals surface area contributed by atoms with E-state index in [1.165, 1.54) is 34.9 Å². The molecule has 0 bridgehead atoms. The summed E-state index contributed by atoms with van der Waals surface area (Å²) in [6.45, 7) is -0.0868. The number of phenolic OH excluding ortho intramolecular Hbond substituents is 1. The van der Waals surface area contributed by atoms with Gasteiger partial charge in [-0.05, 0) is 30.3 Å². The van der Waals surface area contributed by atoms with E-state index in [0.717, 1.165) is 18.2 Å². The lowest BCUT2D eigenvalue weighted by molar-refractivity contribution is 0.476. The molecule has 0 radical (unpaired) electrons. The van der Waals surface area contributed by atoms with Crippen molar-refractivity contribution in [3.63, 3.8) is 0 Å². The molecule has 0 aliphatic rings. The SMILES string of the molecule is N#Cc1ccc(Cn2c(-c3ccc(Cl)cc3O)nc3cc(F)c(F)cc32)c(F)c1. The normalized spacial score (nSPS) is 11.0. The van der Waals surface area contributed by atoms with Gasteiger partial charge in [0.1, 0.15) is 17.4 Å². The van der Waals surface area contributed by atoms with Crippen molar-refractivity contribution in [2.45, 2.75) is 6.54 Å². The van der Waals surface area contributed by atoms with Crippen molar-refractivity contribution < 1.29 is 18.3 Å². The van der Waals surface area contributed by atoms with Gasteiger partial charge in [0, 0.05) is 22.7 Å². The standard InChI is InChI=1S/C21H11ClF3N3O/c22-13-3-4-14(20(29)6-13)21-27-18-7-16(24)17(25)8-19(18)28(21)10-12-2-1-11(9-26)5-15(12)23/h1-8,29H,10H2. The Hall–Kier alpha value is -3.50. The third kappa shape index (κ3) is 3.39. The van der Waals surface area contributed by atoms with Gasteiger partial charge < -0.3 is 9.67 Å². The molecular weight excluding hydrogens is 403 g/mol. The second-order valence-corrected chi connectivity index (χ2v) is 6.79. The molecule has 0 aliphatic heterocycles. The molecule has 0 fully saturated rings. The third-order valence-electron chi connectivity index (χ3n) is 4.50. The van der Waals surface area contributed by atoms with E-state index in [9.17, 15) is 18.3 Å². The summed E-state index contributed by atoms with van der Waals surface area (Å²) in [6, 6.07) is 12.1. The van der Waals surface area contributed by atoms with Crippen LogP contribution in [-0.2, 0) is 6.54 Å². The van der Waals surface area contributed by atoms with Gasteiger partial charge >= 0.3 is 0 Å². The number of aromatic nitrogens is 2. The first-order valence-corrected chi connectivity index (χ1v) is 8.78. The third-order valence-corrected chi connectivity index (χ3v) is 4.74. The van der Waals surface area contributed by atoms with E-state index < -0.39 is 17.5 Å². The molecule has 3 aromatic carbocycles. The zero-order valence-electron chi connectivity index (χ0n) is 14.6. The molecule has 0 aliphatic carbocycles. The van der Waals surface area contributed by atoms with E-state index in [4.69, 9.17) is 16.9 Å². The minimum atomic E-state index is -1.08. The maximum absolute atomic E-state index is 14.5. The van der Waals surface area contributed by atoms with Crippen molar-refractivity contribution in [3.05, 3.63) is 82.1 Å². The summed E-state index contributed by atoms with van der Waals surface area (Å²) in [4.78, 5) is 4.31. The van der Waals surface area contributed by atoms with Gasteiger partial charge in [0.15, 0.2) is 11.6 Å². The van der Waals surface area contributed by atoms with Crippen LogP contribution in [0.5, 0.6) is 5.75 Å². The highest BCUT2D eigenvalue weighted by Gasteiger charge is 2.19. The number of nitrogens with zero attached hydrogens (tertiary/aromatic N) is 3. The van der Waals surface area contributed by atoms with Gasteiger partial charge in [-0.15, -0.1) is 0 Å². The second kappa shape index (κ2) is 7.15. The molecule has 0 saturated heterocycles. The minimum Gasteiger partial charge on any atom is -0.507 e. The molecule has 4 rings (SSSR count). The van der Waals surface area contributed by atoms with Crippen molar-refractivity contribution in [2.75, 3.05) is 0 Å². The summed E-state index contributed by atoms with van der Waals surface area (Å²) >= 11 is 5.88. The topological polar surface area (TPSA) is 61.8 Å². The first kappa shape index (κ1) is 18.8. The molecule has 1 N–H and O–H groups in total. The number of hydrogen-bond acceptors (Lipinski definition) is 3. The molecule has 0 saturated carbocycles. The Bertz CT molecular complexity index is 1310. The summed E-state index contributed by atoms with van der Waals surface area (Å²) in [7, 11) is 0. The van der Waals surface area contributed by atoms with E-state index in [-0.39, 0.29) is 45.8 Å². The Morgan fingerprint density at radius 3 is 2.45 bits per heavy atom. The fraction of sp³-hybridized carbons (Fsp3) is 0.0476. The molecule has 4 nitrogen and oxygen atoms in total. The molecule has 8 heteroatoms. The molecular formula is C21H11ClF3N3O. The predicted octanol–water partition coefficient (Wildman–Crippen LogP) is 5.40. The quantitative estimate of drug-likeness (QED) is 0.489. The largest absolute Gasteiger partial charge is 0.507 e. The summed E-state index contributed by atoms with van der Waals surface area (Å²) in [5, 5.41) is 19.5. The fourth-order valence-electron chi connectivity index (χ4n) is 3.10. The first-order chi connectivity index (χ1) is 13.9. The lowest BCUT2D eigenvalue weighted by Gasteiger charge is -2.12. The summed E-state index contributed by atoms with van der Waals surface area (Å²) < 4.78 is 43.5. The number of nitriles is 1. The number of imidazole rings is 1. The van der Waals surface area contributed by atoms with E-state index in [1.54, 1.807) is 0 Å². The maximum Gasteiger partial charge on any atom is 0.161 e. The first-order valence-electron chi connectivity index (χ1n) is 8.40. The maximum atomic E-state index is 14.5. The van der Waals surface area contributed by atoms with E-state index in [0.29, 0.717) is 5.02 Å². The van der Waals surface area contributed by atoms with E-state index >= 15 is 0 Å². The minimum absolute atomic E-state index is 0.0868. The molecule has 0 amide bonds. The molecule has 29 heavy (non-hydrogen) atoms. The lowest BCUT2D eigenvalue weighted by atomic mass is 10.1. The number of phenols is 1. The van der Waals surface area contributed by atoms with Gasteiger partial charge in [-0.25, -0.2) is 18.2 Å². The van der Waals surface area contributed by atoms with Gasteiger partial charge in [0.25, 0.3) is 0 Å². The highest BCUT2D eigenvalue weighted by Crippen LogP contribution is 2.34. The van der Waals surface area contributed by atoms with Crippen LogP contribution in [0.15, 0.2) is 48.5 Å². The van der Waals surface area contributed by atoms with Crippen LogP contribution in [0.4, 0.5) is 13.2 Å². The van der Waals surface area contributed by atoms with Crippen LogP contribution in [0.2, 0.25) is 5.02 Å². The summed E-state index contributed by atoms with van der Waals surface area (Å²) in [6.07, 6.45) is 0. The van der Waals surface area contributed by atoms with Gasteiger partial charge in [-0.2, -0.15) is 5.26 Å². The van der Waals surface area contributed by atoms with Gasteiger partial charge in [-0.3, -0.25) is 0 Å². The Morgan fingerprint density at radius 2 is 1.76 bits per heavy atom. The van der Waals surface area contributed by atoms with Crippen molar-refractivity contribution in [3.8, 4) is 23.2 Å². The average molecular weight is 414 g/mol. The van der Waals surface area contributed by atoms with Crippen molar-refractivity contribution in [2.24, 2.45) is 0 Å². The second-order valence-electron chi connectivity index (χ2n) is 6.36. The lowest BCUT2D eigenvalue weighted by Crippen LogP contribution is -2.05. The van der Waals surface area contributed by atoms with Gasteiger partial charge in [0.2, 0.25) is 0 Å². The van der Waals surface area contributed by atoms with Crippen LogP contribution < -0.4 is 0 Å². The molecule has 0 spiro atoms. The van der Waals surface area contributed by atoms with E-state index in [2.05, 4.69) is 4.98 Å². The molecule has 0 atom stereocenters. The average Bonchev–Trinajstić information content (AvgIpc) is 3.00. The Kier molecular flexibility index (Phi) is 4.65. The highest BCUT2D eigenvalue weighted by atomic mass is 35.5. The van der Waals surface area contributed by atoms with Crippen molar-refractivity contribution in [1.82, 2.24) is 9.55 Å². The van der Waals surface area contributed by atoms with Gasteiger partial charge in [0.05, 0.1) is 34.8 Å². The fourth-order valence-corrected chi connectivity index (χ4v) is 3.26. The Morgan fingerprint density at radius 1 is 1.00 bits per heavy atom. The van der Waals surface area contributed by atoms with Crippen LogP contribution >= 0.6 is 11.6 Å². The number of halogens is 4. The molecule has 0 unspecified atom stereocenters. The molecule has 144 valence electrons. The molecule has 1 aromatic heterocycles.